The monoisotopic (exact) mass is 260 g/mol. The maximum Gasteiger partial charge on any atom is 0.246 e. The summed E-state index contributed by atoms with van der Waals surface area (Å²) in [6.07, 6.45) is 3.29. The van der Waals surface area contributed by atoms with E-state index in [4.69, 9.17) is 10.5 Å². The summed E-state index contributed by atoms with van der Waals surface area (Å²) in [5.41, 5.74) is 8.55. The first-order valence-corrected chi connectivity index (χ1v) is 6.94. The molecule has 1 aromatic rings. The quantitative estimate of drug-likeness (QED) is 0.835. The van der Waals surface area contributed by atoms with Crippen molar-refractivity contribution in [2.24, 2.45) is 11.7 Å². The molecule has 0 unspecified atom stereocenters. The molecule has 1 aromatic carbocycles. The standard InChI is InChI=1S/C15H20N2O2/c16-15-12-4-2-1-3-11(12)7-13(15)17-14(18)9-19-8-10-5-6-10/h1-4,10,13,15H,5-9,16H2,(H,17,18)/t13-,15-/m1/s1. The van der Waals surface area contributed by atoms with Gasteiger partial charge in [0.05, 0.1) is 18.7 Å². The van der Waals surface area contributed by atoms with Gasteiger partial charge in [-0.3, -0.25) is 4.79 Å². The van der Waals surface area contributed by atoms with Crippen molar-refractivity contribution in [1.29, 1.82) is 0 Å². The number of fused-ring (bicyclic) bond motifs is 1. The molecule has 4 nitrogen and oxygen atoms in total. The van der Waals surface area contributed by atoms with Crippen LogP contribution in [0.5, 0.6) is 0 Å². The van der Waals surface area contributed by atoms with Crippen LogP contribution in [0.4, 0.5) is 0 Å². The third-order valence-corrected chi connectivity index (χ3v) is 3.92. The molecule has 0 radical (unpaired) electrons. The van der Waals surface area contributed by atoms with Crippen LogP contribution in [0.1, 0.15) is 30.0 Å². The number of amides is 1. The lowest BCUT2D eigenvalue weighted by molar-refractivity contribution is -0.126. The van der Waals surface area contributed by atoms with E-state index in [1.807, 2.05) is 18.2 Å². The van der Waals surface area contributed by atoms with Crippen molar-refractivity contribution >= 4 is 5.91 Å². The first-order valence-electron chi connectivity index (χ1n) is 6.94. The minimum absolute atomic E-state index is 0.00516. The fourth-order valence-electron chi connectivity index (χ4n) is 2.62. The lowest BCUT2D eigenvalue weighted by atomic mass is 10.1. The second kappa shape index (κ2) is 5.31. The first kappa shape index (κ1) is 12.6. The predicted molar refractivity (Wildman–Crippen MR) is 72.5 cm³/mol. The summed E-state index contributed by atoms with van der Waals surface area (Å²) in [6, 6.07) is 8.00. The molecular formula is C15H20N2O2. The first-order chi connectivity index (χ1) is 9.24. The molecule has 0 spiro atoms. The second-order valence-corrected chi connectivity index (χ2v) is 5.56. The summed E-state index contributed by atoms with van der Waals surface area (Å²) >= 11 is 0. The zero-order valence-electron chi connectivity index (χ0n) is 11.0. The van der Waals surface area contributed by atoms with Crippen LogP contribution in [0.2, 0.25) is 0 Å². The highest BCUT2D eigenvalue weighted by Crippen LogP contribution is 2.30. The van der Waals surface area contributed by atoms with Gasteiger partial charge in [-0.2, -0.15) is 0 Å². The number of benzene rings is 1. The van der Waals surface area contributed by atoms with E-state index in [9.17, 15) is 4.79 Å². The lowest BCUT2D eigenvalue weighted by Crippen LogP contribution is -2.42. The number of hydrogen-bond donors (Lipinski definition) is 2. The van der Waals surface area contributed by atoms with E-state index in [0.29, 0.717) is 12.5 Å². The molecule has 0 bridgehead atoms. The molecule has 2 aliphatic rings. The Hall–Kier alpha value is -1.39. The van der Waals surface area contributed by atoms with Crippen molar-refractivity contribution in [2.75, 3.05) is 13.2 Å². The maximum absolute atomic E-state index is 11.8. The Bertz CT molecular complexity index is 471. The molecule has 0 saturated heterocycles. The summed E-state index contributed by atoms with van der Waals surface area (Å²) in [4.78, 5) is 11.8. The Kier molecular flexibility index (Phi) is 3.53. The fraction of sp³-hybridized carbons (Fsp3) is 0.533. The summed E-state index contributed by atoms with van der Waals surface area (Å²) in [6.45, 7) is 0.862. The Morgan fingerprint density at radius 1 is 1.37 bits per heavy atom. The highest BCUT2D eigenvalue weighted by molar-refractivity contribution is 5.77. The molecule has 102 valence electrons. The average molecular weight is 260 g/mol. The minimum atomic E-state index is -0.108. The normalized spacial score (nSPS) is 25.1. The minimum Gasteiger partial charge on any atom is -0.371 e. The van der Waals surface area contributed by atoms with Crippen LogP contribution in [-0.4, -0.2) is 25.2 Å². The molecule has 1 fully saturated rings. The molecule has 3 rings (SSSR count). The summed E-state index contributed by atoms with van der Waals surface area (Å²) < 4.78 is 5.39. The van der Waals surface area contributed by atoms with Crippen LogP contribution >= 0.6 is 0 Å². The molecule has 19 heavy (non-hydrogen) atoms. The third-order valence-electron chi connectivity index (χ3n) is 3.92. The highest BCUT2D eigenvalue weighted by Gasteiger charge is 2.30. The number of carbonyl (C=O) groups excluding carboxylic acids is 1. The molecule has 4 heteroatoms. The van der Waals surface area contributed by atoms with Crippen molar-refractivity contribution in [3.63, 3.8) is 0 Å². The van der Waals surface area contributed by atoms with Gasteiger partial charge in [-0.05, 0) is 36.3 Å². The van der Waals surface area contributed by atoms with E-state index >= 15 is 0 Å². The van der Waals surface area contributed by atoms with Crippen molar-refractivity contribution < 1.29 is 9.53 Å². The van der Waals surface area contributed by atoms with E-state index < -0.39 is 0 Å². The Balaban J connectivity index is 1.49. The van der Waals surface area contributed by atoms with Gasteiger partial charge in [0.15, 0.2) is 0 Å². The molecular weight excluding hydrogens is 240 g/mol. The van der Waals surface area contributed by atoms with Crippen LogP contribution < -0.4 is 11.1 Å². The Morgan fingerprint density at radius 3 is 2.89 bits per heavy atom. The van der Waals surface area contributed by atoms with E-state index in [0.717, 1.165) is 12.0 Å². The molecule has 2 atom stereocenters. The molecule has 0 aromatic heterocycles. The fourth-order valence-corrected chi connectivity index (χ4v) is 2.62. The summed E-state index contributed by atoms with van der Waals surface area (Å²) in [7, 11) is 0. The zero-order valence-corrected chi connectivity index (χ0v) is 11.0. The number of nitrogens with one attached hydrogen (secondary N) is 1. The van der Waals surface area contributed by atoms with Gasteiger partial charge < -0.3 is 15.8 Å². The molecule has 1 amide bonds. The van der Waals surface area contributed by atoms with Crippen molar-refractivity contribution in [2.45, 2.75) is 31.3 Å². The molecule has 2 aliphatic carbocycles. The maximum atomic E-state index is 11.8. The highest BCUT2D eigenvalue weighted by atomic mass is 16.5. The average Bonchev–Trinajstić information content (AvgIpc) is 3.17. The van der Waals surface area contributed by atoms with Crippen molar-refractivity contribution in [3.8, 4) is 0 Å². The number of nitrogens with two attached hydrogens (primary N) is 1. The topological polar surface area (TPSA) is 64.3 Å². The molecule has 0 heterocycles. The van der Waals surface area contributed by atoms with Gasteiger partial charge in [-0.25, -0.2) is 0 Å². The van der Waals surface area contributed by atoms with Crippen LogP contribution in [0.3, 0.4) is 0 Å². The molecule has 0 aliphatic heterocycles. The number of rotatable bonds is 5. The van der Waals surface area contributed by atoms with Gasteiger partial charge in [0.25, 0.3) is 0 Å². The molecule has 1 saturated carbocycles. The van der Waals surface area contributed by atoms with Crippen LogP contribution in [-0.2, 0) is 16.0 Å². The predicted octanol–water partition coefficient (Wildman–Crippen LogP) is 1.15. The van der Waals surface area contributed by atoms with Gasteiger partial charge in [0.1, 0.15) is 6.61 Å². The molecule has 3 N–H and O–H groups in total. The summed E-state index contributed by atoms with van der Waals surface area (Å²) in [5, 5.41) is 2.98. The van der Waals surface area contributed by atoms with Gasteiger partial charge in [0, 0.05) is 0 Å². The van der Waals surface area contributed by atoms with Gasteiger partial charge in [-0.15, -0.1) is 0 Å². The van der Waals surface area contributed by atoms with Crippen molar-refractivity contribution in [3.05, 3.63) is 35.4 Å². The number of hydrogen-bond acceptors (Lipinski definition) is 3. The van der Waals surface area contributed by atoms with Gasteiger partial charge >= 0.3 is 0 Å². The largest absolute Gasteiger partial charge is 0.371 e. The lowest BCUT2D eigenvalue weighted by Gasteiger charge is -2.17. The van der Waals surface area contributed by atoms with E-state index in [1.165, 1.54) is 18.4 Å². The smallest absolute Gasteiger partial charge is 0.246 e. The Labute approximate surface area is 113 Å². The van der Waals surface area contributed by atoms with E-state index in [1.54, 1.807) is 0 Å². The zero-order chi connectivity index (χ0) is 13.2. The van der Waals surface area contributed by atoms with E-state index in [-0.39, 0.29) is 24.6 Å². The van der Waals surface area contributed by atoms with Crippen molar-refractivity contribution in [1.82, 2.24) is 5.32 Å². The number of ether oxygens (including phenoxy) is 1. The summed E-state index contributed by atoms with van der Waals surface area (Å²) in [5.74, 6) is 0.625. The second-order valence-electron chi connectivity index (χ2n) is 5.56. The van der Waals surface area contributed by atoms with Crippen LogP contribution in [0.25, 0.3) is 0 Å². The van der Waals surface area contributed by atoms with Crippen LogP contribution in [0.15, 0.2) is 24.3 Å². The number of carbonyl (C=O) groups is 1. The third kappa shape index (κ3) is 2.96. The Morgan fingerprint density at radius 2 is 2.16 bits per heavy atom. The SMILES string of the molecule is N[C@@H]1c2ccccc2C[C@H]1NC(=O)COCC1CC1. The van der Waals surface area contributed by atoms with Gasteiger partial charge in [-0.1, -0.05) is 24.3 Å². The van der Waals surface area contributed by atoms with Crippen LogP contribution in [0, 0.1) is 5.92 Å². The van der Waals surface area contributed by atoms with E-state index in [2.05, 4.69) is 11.4 Å². The van der Waals surface area contributed by atoms with Gasteiger partial charge in [0.2, 0.25) is 5.91 Å².